The Hall–Kier alpha value is -1.22. The first-order valence-electron chi connectivity index (χ1n) is 4.57. The first kappa shape index (κ1) is 11.9. The van der Waals surface area contributed by atoms with Gasteiger partial charge in [-0.2, -0.15) is 0 Å². The minimum Gasteiger partial charge on any atom is -0.506 e. The zero-order valence-electron chi connectivity index (χ0n) is 8.84. The number of hydrogen-bond donors (Lipinski definition) is 2. The molecule has 0 heterocycles. The molecule has 0 bridgehead atoms. The van der Waals surface area contributed by atoms with Gasteiger partial charge in [-0.05, 0) is 43.5 Å². The largest absolute Gasteiger partial charge is 0.506 e. The molecule has 0 aliphatic rings. The molecule has 1 rings (SSSR count). The molecule has 1 unspecified atom stereocenters. The molecule has 1 atom stereocenters. The second kappa shape index (κ2) is 4.11. The Kier molecular flexibility index (Phi) is 3.25. The molecule has 4 heteroatoms. The second-order valence-corrected chi connectivity index (χ2v) is 4.00. The van der Waals surface area contributed by atoms with Crippen molar-refractivity contribution in [3.63, 3.8) is 0 Å². The highest BCUT2D eigenvalue weighted by Gasteiger charge is 2.21. The molecule has 0 aliphatic heterocycles. The van der Waals surface area contributed by atoms with Crippen molar-refractivity contribution in [2.75, 3.05) is 0 Å². The summed E-state index contributed by atoms with van der Waals surface area (Å²) in [6.45, 7) is 5.08. The van der Waals surface area contributed by atoms with Gasteiger partial charge in [0, 0.05) is 0 Å². The van der Waals surface area contributed by atoms with Crippen LogP contribution in [0.2, 0.25) is 5.02 Å². The number of aliphatic carboxylic acids is 1. The standard InChI is InChI=1S/C11H13ClO3/c1-5-4-8(13)10(12)6(2)9(5)7(3)11(14)15/h4,7,13H,1-3H3,(H,14,15). The summed E-state index contributed by atoms with van der Waals surface area (Å²) in [5, 5.41) is 18.6. The fraction of sp³-hybridized carbons (Fsp3) is 0.364. The van der Waals surface area contributed by atoms with Crippen LogP contribution in [-0.2, 0) is 4.79 Å². The fourth-order valence-corrected chi connectivity index (χ4v) is 1.90. The Labute approximate surface area is 93.3 Å². The van der Waals surface area contributed by atoms with Gasteiger partial charge in [-0.25, -0.2) is 0 Å². The van der Waals surface area contributed by atoms with Crippen LogP contribution in [0.15, 0.2) is 6.07 Å². The van der Waals surface area contributed by atoms with Gasteiger partial charge in [0.05, 0.1) is 10.9 Å². The lowest BCUT2D eigenvalue weighted by Gasteiger charge is -2.16. The molecule has 0 spiro atoms. The predicted molar refractivity (Wildman–Crippen MR) is 58.6 cm³/mol. The van der Waals surface area contributed by atoms with Crippen LogP contribution in [0.3, 0.4) is 0 Å². The third-order valence-corrected chi connectivity index (χ3v) is 3.02. The molecule has 0 aliphatic carbocycles. The Morgan fingerprint density at radius 1 is 1.47 bits per heavy atom. The number of hydrogen-bond acceptors (Lipinski definition) is 2. The van der Waals surface area contributed by atoms with Crippen LogP contribution in [0.5, 0.6) is 5.75 Å². The lowest BCUT2D eigenvalue weighted by atomic mass is 9.92. The third-order valence-electron chi connectivity index (χ3n) is 2.54. The number of carboxylic acids is 1. The topological polar surface area (TPSA) is 57.5 Å². The summed E-state index contributed by atoms with van der Waals surface area (Å²) in [6, 6.07) is 1.49. The molecule has 0 aromatic heterocycles. The van der Waals surface area contributed by atoms with Crippen molar-refractivity contribution in [2.45, 2.75) is 26.7 Å². The van der Waals surface area contributed by atoms with E-state index in [1.807, 2.05) is 0 Å². The lowest BCUT2D eigenvalue weighted by Crippen LogP contribution is -2.11. The van der Waals surface area contributed by atoms with Gasteiger partial charge in [-0.3, -0.25) is 4.79 Å². The van der Waals surface area contributed by atoms with Gasteiger partial charge in [0.2, 0.25) is 0 Å². The summed E-state index contributed by atoms with van der Waals surface area (Å²) in [5.74, 6) is -1.53. The van der Waals surface area contributed by atoms with Gasteiger partial charge in [0.25, 0.3) is 0 Å². The van der Waals surface area contributed by atoms with Crippen molar-refractivity contribution < 1.29 is 15.0 Å². The number of benzene rings is 1. The third kappa shape index (κ3) is 2.07. The van der Waals surface area contributed by atoms with Gasteiger partial charge < -0.3 is 10.2 Å². The van der Waals surface area contributed by atoms with Gasteiger partial charge >= 0.3 is 5.97 Å². The van der Waals surface area contributed by atoms with Crippen LogP contribution in [0, 0.1) is 13.8 Å². The smallest absolute Gasteiger partial charge is 0.310 e. The number of aryl methyl sites for hydroxylation is 1. The Morgan fingerprint density at radius 2 is 2.00 bits per heavy atom. The minimum absolute atomic E-state index is 0.00648. The van der Waals surface area contributed by atoms with Crippen LogP contribution in [-0.4, -0.2) is 16.2 Å². The molecular formula is C11H13ClO3. The van der Waals surface area contributed by atoms with E-state index < -0.39 is 11.9 Å². The maximum Gasteiger partial charge on any atom is 0.310 e. The summed E-state index contributed by atoms with van der Waals surface area (Å²) in [5.41, 5.74) is 2.04. The van der Waals surface area contributed by atoms with Gasteiger partial charge in [-0.15, -0.1) is 0 Å². The van der Waals surface area contributed by atoms with E-state index in [0.29, 0.717) is 11.1 Å². The number of aromatic hydroxyl groups is 1. The lowest BCUT2D eigenvalue weighted by molar-refractivity contribution is -0.138. The molecule has 82 valence electrons. The summed E-state index contributed by atoms with van der Waals surface area (Å²) < 4.78 is 0. The number of carbonyl (C=O) groups is 1. The quantitative estimate of drug-likeness (QED) is 0.818. The molecule has 15 heavy (non-hydrogen) atoms. The van der Waals surface area contributed by atoms with E-state index in [1.54, 1.807) is 20.8 Å². The highest BCUT2D eigenvalue weighted by atomic mass is 35.5. The summed E-state index contributed by atoms with van der Waals surface area (Å²) in [7, 11) is 0. The first-order chi connectivity index (χ1) is 6.86. The number of phenols is 1. The van der Waals surface area contributed by atoms with Crippen molar-refractivity contribution >= 4 is 17.6 Å². The van der Waals surface area contributed by atoms with E-state index in [1.165, 1.54) is 6.07 Å². The van der Waals surface area contributed by atoms with Crippen LogP contribution >= 0.6 is 11.6 Å². The maximum absolute atomic E-state index is 10.9. The zero-order valence-corrected chi connectivity index (χ0v) is 9.59. The fourth-order valence-electron chi connectivity index (χ4n) is 1.74. The van der Waals surface area contributed by atoms with Gasteiger partial charge in [-0.1, -0.05) is 11.6 Å². The Bertz CT molecular complexity index is 413. The Balaban J connectivity index is 3.42. The Morgan fingerprint density at radius 3 is 2.47 bits per heavy atom. The monoisotopic (exact) mass is 228 g/mol. The van der Waals surface area contributed by atoms with Gasteiger partial charge in [0.1, 0.15) is 5.75 Å². The number of rotatable bonds is 2. The second-order valence-electron chi connectivity index (χ2n) is 3.63. The average molecular weight is 229 g/mol. The normalized spacial score (nSPS) is 12.5. The number of halogens is 1. The van der Waals surface area contributed by atoms with E-state index in [0.717, 1.165) is 5.56 Å². The predicted octanol–water partition coefficient (Wildman–Crippen LogP) is 2.85. The van der Waals surface area contributed by atoms with Crippen molar-refractivity contribution in [1.29, 1.82) is 0 Å². The van der Waals surface area contributed by atoms with Crippen LogP contribution in [0.4, 0.5) is 0 Å². The molecule has 0 fully saturated rings. The van der Waals surface area contributed by atoms with Crippen molar-refractivity contribution in [3.05, 3.63) is 27.8 Å². The van der Waals surface area contributed by atoms with Crippen LogP contribution in [0.25, 0.3) is 0 Å². The molecule has 2 N–H and O–H groups in total. The van der Waals surface area contributed by atoms with Crippen LogP contribution < -0.4 is 0 Å². The first-order valence-corrected chi connectivity index (χ1v) is 4.95. The summed E-state index contributed by atoms with van der Waals surface area (Å²) in [4.78, 5) is 10.9. The van der Waals surface area contributed by atoms with Crippen LogP contribution in [0.1, 0.15) is 29.5 Å². The molecule has 1 aromatic carbocycles. The van der Waals surface area contributed by atoms with E-state index in [9.17, 15) is 9.90 Å². The maximum atomic E-state index is 10.9. The van der Waals surface area contributed by atoms with E-state index in [4.69, 9.17) is 16.7 Å². The summed E-state index contributed by atoms with van der Waals surface area (Å²) >= 11 is 5.86. The molecule has 0 saturated heterocycles. The van der Waals surface area contributed by atoms with Crippen molar-refractivity contribution in [3.8, 4) is 5.75 Å². The SMILES string of the molecule is Cc1cc(O)c(Cl)c(C)c1C(C)C(=O)O. The number of phenolic OH excluding ortho intramolecular Hbond substituents is 1. The molecule has 0 amide bonds. The molecule has 1 aromatic rings. The highest BCUT2D eigenvalue weighted by Crippen LogP contribution is 2.35. The molecular weight excluding hydrogens is 216 g/mol. The average Bonchev–Trinajstić information content (AvgIpc) is 2.14. The molecule has 3 nitrogen and oxygen atoms in total. The minimum atomic E-state index is -0.900. The van der Waals surface area contributed by atoms with Crippen molar-refractivity contribution in [2.24, 2.45) is 0 Å². The summed E-state index contributed by atoms with van der Waals surface area (Å²) in [6.07, 6.45) is 0. The highest BCUT2D eigenvalue weighted by molar-refractivity contribution is 6.32. The van der Waals surface area contributed by atoms with E-state index in [2.05, 4.69) is 0 Å². The zero-order chi connectivity index (χ0) is 11.7. The van der Waals surface area contributed by atoms with Crippen molar-refractivity contribution in [1.82, 2.24) is 0 Å². The number of carboxylic acid groups (broad SMARTS) is 1. The van der Waals surface area contributed by atoms with E-state index in [-0.39, 0.29) is 10.8 Å². The molecule has 0 saturated carbocycles. The van der Waals surface area contributed by atoms with E-state index >= 15 is 0 Å². The molecule has 0 radical (unpaired) electrons. The van der Waals surface area contributed by atoms with Gasteiger partial charge in [0.15, 0.2) is 0 Å².